The van der Waals surface area contributed by atoms with Gasteiger partial charge in [-0.05, 0) is 12.8 Å². The van der Waals surface area contributed by atoms with Gasteiger partial charge in [0.15, 0.2) is 0 Å². The lowest BCUT2D eigenvalue weighted by molar-refractivity contribution is -0.138. The van der Waals surface area contributed by atoms with E-state index in [0.717, 1.165) is 4.90 Å². The van der Waals surface area contributed by atoms with Gasteiger partial charge in [0.25, 0.3) is 0 Å². The lowest BCUT2D eigenvalue weighted by atomic mass is 10.1. The first kappa shape index (κ1) is 18.2. The van der Waals surface area contributed by atoms with E-state index in [4.69, 9.17) is 15.9 Å². The number of aliphatic hydroxyl groups excluding tert-OH is 1. The highest BCUT2D eigenvalue weighted by molar-refractivity contribution is 5.86. The summed E-state index contributed by atoms with van der Waals surface area (Å²) in [6, 6.07) is -0.729. The molecule has 8 heteroatoms. The summed E-state index contributed by atoms with van der Waals surface area (Å²) < 4.78 is 0. The van der Waals surface area contributed by atoms with E-state index in [-0.39, 0.29) is 19.2 Å². The molecule has 0 bridgehead atoms. The van der Waals surface area contributed by atoms with Crippen LogP contribution in [0, 0.1) is 0 Å². The summed E-state index contributed by atoms with van der Waals surface area (Å²) in [5, 5.41) is 17.8. The molecule has 3 amide bonds. The molecule has 0 aromatic heterocycles. The van der Waals surface area contributed by atoms with Crippen molar-refractivity contribution >= 4 is 17.9 Å². The first-order valence-corrected chi connectivity index (χ1v) is 6.53. The van der Waals surface area contributed by atoms with Crippen molar-refractivity contribution in [2.24, 2.45) is 5.73 Å². The van der Waals surface area contributed by atoms with E-state index < -0.39 is 31.0 Å². The number of nitrogens with two attached hydrogens (primary N) is 1. The third kappa shape index (κ3) is 5.87. The summed E-state index contributed by atoms with van der Waals surface area (Å²) >= 11 is 0. The summed E-state index contributed by atoms with van der Waals surface area (Å²) in [7, 11) is 0. The Hall–Kier alpha value is -1.83. The van der Waals surface area contributed by atoms with Crippen molar-refractivity contribution in [2.45, 2.75) is 32.7 Å². The first-order valence-electron chi connectivity index (χ1n) is 6.53. The highest BCUT2D eigenvalue weighted by Gasteiger charge is 2.27. The molecular weight excluding hydrogens is 266 g/mol. The summed E-state index contributed by atoms with van der Waals surface area (Å²) in [4.78, 5) is 36.3. The van der Waals surface area contributed by atoms with Crippen LogP contribution in [-0.2, 0) is 9.59 Å². The monoisotopic (exact) mass is 289 g/mol. The second kappa shape index (κ2) is 9.13. The third-order valence-corrected chi connectivity index (χ3v) is 2.91. The molecule has 0 aliphatic heterocycles. The normalized spacial score (nSPS) is 10.4. The van der Waals surface area contributed by atoms with Gasteiger partial charge in [-0.1, -0.05) is 13.8 Å². The molecule has 0 saturated heterocycles. The number of carbonyl (C=O) groups is 3. The number of carboxylic acid groups (broad SMARTS) is 1. The summed E-state index contributed by atoms with van der Waals surface area (Å²) in [5.41, 5.74) is 5.03. The van der Waals surface area contributed by atoms with Crippen LogP contribution in [0.15, 0.2) is 0 Å². The summed E-state index contributed by atoms with van der Waals surface area (Å²) in [6.07, 6.45) is 1.33. The largest absolute Gasteiger partial charge is 0.480 e. The van der Waals surface area contributed by atoms with Crippen molar-refractivity contribution < 1.29 is 24.6 Å². The minimum absolute atomic E-state index is 0.0834. The van der Waals surface area contributed by atoms with Gasteiger partial charge in [0.2, 0.25) is 5.91 Å². The van der Waals surface area contributed by atoms with Crippen LogP contribution in [0.5, 0.6) is 0 Å². The topological polar surface area (TPSA) is 124 Å². The van der Waals surface area contributed by atoms with Crippen LogP contribution in [0.3, 0.4) is 0 Å². The molecule has 0 fully saturated rings. The summed E-state index contributed by atoms with van der Waals surface area (Å²) in [5.74, 6) is -2.01. The number of carboxylic acids is 1. The van der Waals surface area contributed by atoms with Crippen LogP contribution in [0.4, 0.5) is 4.79 Å². The van der Waals surface area contributed by atoms with Crippen molar-refractivity contribution in [3.05, 3.63) is 0 Å². The third-order valence-electron chi connectivity index (χ3n) is 2.91. The fourth-order valence-electron chi connectivity index (χ4n) is 2.00. The molecule has 0 heterocycles. The Kier molecular flexibility index (Phi) is 8.30. The number of hydrogen-bond donors (Lipinski definition) is 3. The fourth-order valence-corrected chi connectivity index (χ4v) is 2.00. The Morgan fingerprint density at radius 3 is 2.05 bits per heavy atom. The molecule has 0 aliphatic carbocycles. The van der Waals surface area contributed by atoms with Crippen LogP contribution in [0.25, 0.3) is 0 Å². The van der Waals surface area contributed by atoms with Gasteiger partial charge in [-0.2, -0.15) is 0 Å². The van der Waals surface area contributed by atoms with Crippen molar-refractivity contribution in [2.75, 3.05) is 26.2 Å². The van der Waals surface area contributed by atoms with Crippen LogP contribution in [0.1, 0.15) is 26.7 Å². The van der Waals surface area contributed by atoms with Crippen molar-refractivity contribution in [3.63, 3.8) is 0 Å². The quantitative estimate of drug-likeness (QED) is 0.526. The average Bonchev–Trinajstić information content (AvgIpc) is 2.36. The number of aliphatic carboxylic acids is 1. The molecule has 0 aromatic carbocycles. The maximum Gasteiger partial charge on any atom is 0.323 e. The minimum atomic E-state index is -1.23. The molecule has 0 aliphatic rings. The summed E-state index contributed by atoms with van der Waals surface area (Å²) in [6.45, 7) is 2.56. The lowest BCUT2D eigenvalue weighted by Gasteiger charge is -2.34. The SMILES string of the molecule is CCC(CC)N(CCO)C(=O)N(CC(N)=O)CC(=O)O. The van der Waals surface area contributed by atoms with E-state index in [1.165, 1.54) is 4.90 Å². The number of urea groups is 1. The van der Waals surface area contributed by atoms with Gasteiger partial charge in [-0.25, -0.2) is 4.79 Å². The predicted octanol–water partition coefficient (Wildman–Crippen LogP) is -0.539. The maximum absolute atomic E-state index is 12.3. The Labute approximate surface area is 118 Å². The zero-order valence-corrected chi connectivity index (χ0v) is 11.9. The molecule has 0 saturated carbocycles. The molecule has 0 unspecified atom stereocenters. The van der Waals surface area contributed by atoms with E-state index >= 15 is 0 Å². The van der Waals surface area contributed by atoms with Crippen molar-refractivity contribution in [1.82, 2.24) is 9.80 Å². The van der Waals surface area contributed by atoms with E-state index in [9.17, 15) is 14.4 Å². The number of nitrogens with zero attached hydrogens (tertiary/aromatic N) is 2. The number of hydrogen-bond acceptors (Lipinski definition) is 4. The fraction of sp³-hybridized carbons (Fsp3) is 0.750. The van der Waals surface area contributed by atoms with Gasteiger partial charge in [-0.15, -0.1) is 0 Å². The zero-order chi connectivity index (χ0) is 15.7. The predicted molar refractivity (Wildman–Crippen MR) is 72.0 cm³/mol. The molecular formula is C12H23N3O5. The van der Waals surface area contributed by atoms with E-state index in [2.05, 4.69) is 0 Å². The Bertz CT molecular complexity index is 328. The molecule has 0 spiro atoms. The highest BCUT2D eigenvalue weighted by atomic mass is 16.4. The molecule has 0 radical (unpaired) electrons. The molecule has 0 atom stereocenters. The molecule has 20 heavy (non-hydrogen) atoms. The first-order chi connectivity index (χ1) is 9.37. The van der Waals surface area contributed by atoms with Crippen LogP contribution >= 0.6 is 0 Å². The molecule has 0 aromatic rings. The number of primary amides is 1. The number of carbonyl (C=O) groups excluding carboxylic acids is 2. The second-order valence-electron chi connectivity index (χ2n) is 4.39. The number of aliphatic hydroxyl groups is 1. The van der Waals surface area contributed by atoms with E-state index in [1.807, 2.05) is 13.8 Å². The Morgan fingerprint density at radius 1 is 1.15 bits per heavy atom. The standard InChI is InChI=1S/C12H23N3O5/c1-3-9(4-2)15(5-6-16)12(20)14(7-10(13)17)8-11(18)19/h9,16H,3-8H2,1-2H3,(H2,13,17)(H,18,19). The van der Waals surface area contributed by atoms with Gasteiger partial charge < -0.3 is 25.7 Å². The van der Waals surface area contributed by atoms with Gasteiger partial charge in [0.05, 0.1) is 6.61 Å². The molecule has 0 rings (SSSR count). The number of rotatable bonds is 9. The van der Waals surface area contributed by atoms with Crippen molar-refractivity contribution in [3.8, 4) is 0 Å². The zero-order valence-electron chi connectivity index (χ0n) is 11.9. The average molecular weight is 289 g/mol. The molecule has 4 N–H and O–H groups in total. The van der Waals surface area contributed by atoms with Gasteiger partial charge in [0.1, 0.15) is 13.1 Å². The number of amides is 3. The maximum atomic E-state index is 12.3. The van der Waals surface area contributed by atoms with Crippen molar-refractivity contribution in [1.29, 1.82) is 0 Å². The second-order valence-corrected chi connectivity index (χ2v) is 4.39. The lowest BCUT2D eigenvalue weighted by Crippen LogP contribution is -2.52. The van der Waals surface area contributed by atoms with Gasteiger partial charge in [-0.3, -0.25) is 9.59 Å². The Balaban J connectivity index is 5.11. The van der Waals surface area contributed by atoms with Crippen LogP contribution in [-0.4, -0.2) is 70.2 Å². The minimum Gasteiger partial charge on any atom is -0.480 e. The highest BCUT2D eigenvalue weighted by Crippen LogP contribution is 2.11. The van der Waals surface area contributed by atoms with E-state index in [0.29, 0.717) is 12.8 Å². The smallest absolute Gasteiger partial charge is 0.323 e. The molecule has 116 valence electrons. The van der Waals surface area contributed by atoms with Gasteiger partial charge in [0, 0.05) is 12.6 Å². The molecule has 8 nitrogen and oxygen atoms in total. The van der Waals surface area contributed by atoms with E-state index in [1.54, 1.807) is 0 Å². The van der Waals surface area contributed by atoms with Crippen LogP contribution < -0.4 is 5.73 Å². The van der Waals surface area contributed by atoms with Gasteiger partial charge >= 0.3 is 12.0 Å². The Morgan fingerprint density at radius 2 is 1.70 bits per heavy atom. The van der Waals surface area contributed by atoms with Crippen LogP contribution in [0.2, 0.25) is 0 Å².